The number of rotatable bonds is 6. The quantitative estimate of drug-likeness (QED) is 0.805. The predicted molar refractivity (Wildman–Crippen MR) is 109 cm³/mol. The van der Waals surface area contributed by atoms with Gasteiger partial charge in [0.05, 0.1) is 30.3 Å². The molecular formula is C20H23N3O4S. The highest BCUT2D eigenvalue weighted by atomic mass is 32.2. The zero-order chi connectivity index (χ0) is 20.3. The van der Waals surface area contributed by atoms with Gasteiger partial charge in [0.25, 0.3) is 0 Å². The Morgan fingerprint density at radius 2 is 1.89 bits per heavy atom. The van der Waals surface area contributed by atoms with Crippen molar-refractivity contribution in [2.24, 2.45) is 5.10 Å². The molecule has 7 nitrogen and oxygen atoms in total. The highest BCUT2D eigenvalue weighted by molar-refractivity contribution is 7.92. The first kappa shape index (κ1) is 19.9. The van der Waals surface area contributed by atoms with Crippen LogP contribution in [0.25, 0.3) is 0 Å². The fourth-order valence-electron chi connectivity index (χ4n) is 3.27. The van der Waals surface area contributed by atoms with Crippen molar-refractivity contribution in [1.82, 2.24) is 5.01 Å². The van der Waals surface area contributed by atoms with Gasteiger partial charge in [0.15, 0.2) is 0 Å². The van der Waals surface area contributed by atoms with Gasteiger partial charge in [0.2, 0.25) is 15.9 Å². The third kappa shape index (κ3) is 4.33. The minimum atomic E-state index is -3.44. The number of carbonyl (C=O) groups is 1. The Morgan fingerprint density at radius 1 is 1.21 bits per heavy atom. The number of hydrazone groups is 1. The lowest BCUT2D eigenvalue weighted by Crippen LogP contribution is -2.24. The van der Waals surface area contributed by atoms with Gasteiger partial charge in [-0.1, -0.05) is 36.4 Å². The van der Waals surface area contributed by atoms with E-state index in [9.17, 15) is 13.2 Å². The second kappa shape index (κ2) is 8.02. The van der Waals surface area contributed by atoms with Gasteiger partial charge >= 0.3 is 0 Å². The van der Waals surface area contributed by atoms with Crippen LogP contribution in [0.3, 0.4) is 0 Å². The minimum Gasteiger partial charge on any atom is -0.494 e. The number of anilines is 1. The van der Waals surface area contributed by atoms with Crippen molar-refractivity contribution >= 4 is 27.3 Å². The SMILES string of the molecule is CCOc1ccccc1C1CC(c2ccccc2NS(C)(=O)=O)=NN1C(C)=O. The van der Waals surface area contributed by atoms with Crippen molar-refractivity contribution in [2.45, 2.75) is 26.3 Å². The monoisotopic (exact) mass is 401 g/mol. The number of benzene rings is 2. The second-order valence-corrected chi connectivity index (χ2v) is 8.27. The Kier molecular flexibility index (Phi) is 5.69. The molecule has 3 rings (SSSR count). The zero-order valence-corrected chi connectivity index (χ0v) is 16.9. The van der Waals surface area contributed by atoms with E-state index in [1.165, 1.54) is 11.9 Å². The maximum absolute atomic E-state index is 12.3. The van der Waals surface area contributed by atoms with Crippen LogP contribution in [0, 0.1) is 0 Å². The lowest BCUT2D eigenvalue weighted by molar-refractivity contribution is -0.130. The Labute approximate surface area is 165 Å². The normalized spacial score (nSPS) is 16.6. The molecule has 0 saturated carbocycles. The van der Waals surface area contributed by atoms with E-state index in [0.717, 1.165) is 11.8 Å². The third-order valence-corrected chi connectivity index (χ3v) is 4.93. The number of amides is 1. The van der Waals surface area contributed by atoms with Gasteiger partial charge in [-0.15, -0.1) is 0 Å². The van der Waals surface area contributed by atoms with Crippen LogP contribution in [0.15, 0.2) is 53.6 Å². The summed E-state index contributed by atoms with van der Waals surface area (Å²) in [5, 5.41) is 5.95. The van der Waals surface area contributed by atoms with Crippen LogP contribution in [0.4, 0.5) is 5.69 Å². The number of sulfonamides is 1. The number of nitrogens with zero attached hydrogens (tertiary/aromatic N) is 2. The van der Waals surface area contributed by atoms with Crippen LogP contribution in [0.2, 0.25) is 0 Å². The summed E-state index contributed by atoms with van der Waals surface area (Å²) in [6.07, 6.45) is 1.55. The van der Waals surface area contributed by atoms with Crippen molar-refractivity contribution in [3.05, 3.63) is 59.7 Å². The van der Waals surface area contributed by atoms with Crippen LogP contribution in [-0.4, -0.2) is 37.9 Å². The Morgan fingerprint density at radius 3 is 2.57 bits per heavy atom. The van der Waals surface area contributed by atoms with E-state index in [2.05, 4.69) is 9.82 Å². The predicted octanol–water partition coefficient (Wildman–Crippen LogP) is 3.15. The van der Waals surface area contributed by atoms with Gasteiger partial charge in [-0.05, 0) is 19.1 Å². The Hall–Kier alpha value is -2.87. The summed E-state index contributed by atoms with van der Waals surface area (Å²) in [6, 6.07) is 14.3. The topological polar surface area (TPSA) is 88.1 Å². The maximum atomic E-state index is 12.3. The number of hydrogen-bond acceptors (Lipinski definition) is 5. The molecule has 0 bridgehead atoms. The highest BCUT2D eigenvalue weighted by Gasteiger charge is 2.34. The summed E-state index contributed by atoms with van der Waals surface area (Å²) in [5.74, 6) is 0.514. The fraction of sp³-hybridized carbons (Fsp3) is 0.300. The van der Waals surface area contributed by atoms with Gasteiger partial charge < -0.3 is 4.74 Å². The Balaban J connectivity index is 2.01. The van der Waals surface area contributed by atoms with E-state index in [1.54, 1.807) is 18.2 Å². The molecule has 0 aliphatic carbocycles. The molecule has 0 fully saturated rings. The zero-order valence-electron chi connectivity index (χ0n) is 16.0. The number of nitrogens with one attached hydrogen (secondary N) is 1. The number of ether oxygens (including phenoxy) is 1. The maximum Gasteiger partial charge on any atom is 0.240 e. The van der Waals surface area contributed by atoms with E-state index < -0.39 is 10.0 Å². The van der Waals surface area contributed by atoms with E-state index in [1.807, 2.05) is 37.3 Å². The molecule has 1 atom stereocenters. The second-order valence-electron chi connectivity index (χ2n) is 6.52. The summed E-state index contributed by atoms with van der Waals surface area (Å²) >= 11 is 0. The average molecular weight is 401 g/mol. The molecule has 8 heteroatoms. The van der Waals surface area contributed by atoms with Gasteiger partial charge in [-0.3, -0.25) is 9.52 Å². The first-order valence-electron chi connectivity index (χ1n) is 8.96. The molecule has 1 unspecified atom stereocenters. The molecule has 1 amide bonds. The van der Waals surface area contributed by atoms with E-state index >= 15 is 0 Å². The molecule has 148 valence electrons. The smallest absolute Gasteiger partial charge is 0.240 e. The largest absolute Gasteiger partial charge is 0.494 e. The van der Waals surface area contributed by atoms with Gasteiger partial charge in [-0.2, -0.15) is 5.10 Å². The van der Waals surface area contributed by atoms with Gasteiger partial charge in [-0.25, -0.2) is 13.4 Å². The highest BCUT2D eigenvalue weighted by Crippen LogP contribution is 2.38. The van der Waals surface area contributed by atoms with Crippen LogP contribution >= 0.6 is 0 Å². The molecule has 28 heavy (non-hydrogen) atoms. The van der Waals surface area contributed by atoms with Crippen LogP contribution in [-0.2, 0) is 14.8 Å². The third-order valence-electron chi connectivity index (χ3n) is 4.34. The molecule has 2 aromatic carbocycles. The van der Waals surface area contributed by atoms with Gasteiger partial charge in [0, 0.05) is 24.5 Å². The molecular weight excluding hydrogens is 378 g/mol. The van der Waals surface area contributed by atoms with Crippen LogP contribution in [0.5, 0.6) is 5.75 Å². The summed E-state index contributed by atoms with van der Waals surface area (Å²) in [6.45, 7) is 3.88. The fourth-order valence-corrected chi connectivity index (χ4v) is 3.85. The summed E-state index contributed by atoms with van der Waals surface area (Å²) < 4.78 is 31.7. The van der Waals surface area contributed by atoms with Crippen molar-refractivity contribution in [1.29, 1.82) is 0 Å². The Bertz CT molecular complexity index is 1020. The molecule has 0 saturated heterocycles. The summed E-state index contributed by atoms with van der Waals surface area (Å²) in [5.41, 5.74) is 2.59. The van der Waals surface area contributed by atoms with E-state index in [0.29, 0.717) is 35.7 Å². The minimum absolute atomic E-state index is 0.195. The summed E-state index contributed by atoms with van der Waals surface area (Å²) in [7, 11) is -3.44. The summed E-state index contributed by atoms with van der Waals surface area (Å²) in [4.78, 5) is 12.3. The molecule has 1 aliphatic heterocycles. The lowest BCUT2D eigenvalue weighted by Gasteiger charge is -2.22. The first-order chi connectivity index (χ1) is 13.3. The van der Waals surface area contributed by atoms with Crippen molar-refractivity contribution in [3.8, 4) is 5.75 Å². The van der Waals surface area contributed by atoms with Crippen LogP contribution in [0.1, 0.15) is 37.4 Å². The molecule has 2 aromatic rings. The standard InChI is InChI=1S/C20H23N3O4S/c1-4-27-20-12-8-6-10-16(20)19-13-18(21-23(19)14(2)24)15-9-5-7-11-17(15)22-28(3,25)26/h5-12,19,22H,4,13H2,1-3H3. The lowest BCUT2D eigenvalue weighted by atomic mass is 9.97. The number of hydrogen-bond donors (Lipinski definition) is 1. The average Bonchev–Trinajstić information content (AvgIpc) is 3.07. The first-order valence-corrected chi connectivity index (χ1v) is 10.9. The van der Waals surface area contributed by atoms with E-state index in [-0.39, 0.29) is 11.9 Å². The number of carbonyl (C=O) groups excluding carboxylic acids is 1. The molecule has 1 aliphatic rings. The molecule has 0 aromatic heterocycles. The molecule has 1 heterocycles. The molecule has 0 spiro atoms. The molecule has 1 N–H and O–H groups in total. The van der Waals surface area contributed by atoms with E-state index in [4.69, 9.17) is 4.74 Å². The van der Waals surface area contributed by atoms with Crippen molar-refractivity contribution in [2.75, 3.05) is 17.6 Å². The number of para-hydroxylation sites is 2. The van der Waals surface area contributed by atoms with Crippen molar-refractivity contribution < 1.29 is 17.9 Å². The van der Waals surface area contributed by atoms with Crippen LogP contribution < -0.4 is 9.46 Å². The van der Waals surface area contributed by atoms with Crippen molar-refractivity contribution in [3.63, 3.8) is 0 Å². The molecule has 0 radical (unpaired) electrons. The van der Waals surface area contributed by atoms with Gasteiger partial charge in [0.1, 0.15) is 5.75 Å².